The molecule has 0 aromatic carbocycles. The highest BCUT2D eigenvalue weighted by molar-refractivity contribution is 5.06. The lowest BCUT2D eigenvalue weighted by atomic mass is 10.1. The predicted octanol–water partition coefficient (Wildman–Crippen LogP) is 1.15. The lowest BCUT2D eigenvalue weighted by Crippen LogP contribution is -2.39. The normalized spacial score (nSPS) is 23.0. The van der Waals surface area contributed by atoms with Gasteiger partial charge < -0.3 is 10.0 Å². The van der Waals surface area contributed by atoms with Crippen LogP contribution in [0.5, 0.6) is 0 Å². The van der Waals surface area contributed by atoms with E-state index in [4.69, 9.17) is 4.84 Å². The summed E-state index contributed by atoms with van der Waals surface area (Å²) in [5.74, 6) is 0. The van der Waals surface area contributed by atoms with Crippen LogP contribution < -0.4 is 0 Å². The van der Waals surface area contributed by atoms with Gasteiger partial charge >= 0.3 is 0 Å². The van der Waals surface area contributed by atoms with Crippen LogP contribution in [0.2, 0.25) is 0 Å². The van der Waals surface area contributed by atoms with Crippen LogP contribution in [0.3, 0.4) is 0 Å². The molecule has 2 aliphatic rings. The Morgan fingerprint density at radius 2 is 2.00 bits per heavy atom. The van der Waals surface area contributed by atoms with Crippen LogP contribution >= 0.6 is 0 Å². The van der Waals surface area contributed by atoms with E-state index in [1.165, 1.54) is 19.3 Å². The number of allylic oxidation sites excluding steroid dienone is 2. The number of likely N-dealkylation sites (tertiary alicyclic amines) is 1. The number of aliphatic hydroxyl groups excluding tert-OH is 1. The van der Waals surface area contributed by atoms with E-state index < -0.39 is 6.10 Å². The van der Waals surface area contributed by atoms with Crippen molar-refractivity contribution in [3.63, 3.8) is 0 Å². The van der Waals surface area contributed by atoms with Crippen LogP contribution in [-0.4, -0.2) is 54.0 Å². The second-order valence-corrected chi connectivity index (χ2v) is 4.68. The van der Waals surface area contributed by atoms with Crippen molar-refractivity contribution >= 4 is 0 Å². The molecule has 0 aliphatic carbocycles. The van der Waals surface area contributed by atoms with E-state index in [0.717, 1.165) is 26.2 Å². The lowest BCUT2D eigenvalue weighted by Gasteiger charge is -2.29. The highest BCUT2D eigenvalue weighted by Crippen LogP contribution is 2.09. The molecule has 0 bridgehead atoms. The van der Waals surface area contributed by atoms with Crippen molar-refractivity contribution in [2.75, 3.05) is 32.8 Å². The SMILES string of the molecule is OC(CON1C=CC=CC1)CN1CCCCC1. The van der Waals surface area contributed by atoms with E-state index in [0.29, 0.717) is 6.61 Å². The molecule has 0 saturated carbocycles. The second-order valence-electron chi connectivity index (χ2n) is 4.68. The molecule has 0 radical (unpaired) electrons. The number of hydrogen-bond donors (Lipinski definition) is 1. The van der Waals surface area contributed by atoms with E-state index in [9.17, 15) is 5.11 Å². The summed E-state index contributed by atoms with van der Waals surface area (Å²) in [4.78, 5) is 7.83. The summed E-state index contributed by atoms with van der Waals surface area (Å²) in [7, 11) is 0. The first-order valence-corrected chi connectivity index (χ1v) is 6.48. The predicted molar refractivity (Wildman–Crippen MR) is 67.2 cm³/mol. The molecule has 2 rings (SSSR count). The zero-order chi connectivity index (χ0) is 11.9. The summed E-state index contributed by atoms with van der Waals surface area (Å²) < 4.78 is 0. The Morgan fingerprint density at radius 1 is 1.18 bits per heavy atom. The number of hydroxylamine groups is 2. The van der Waals surface area contributed by atoms with Crippen molar-refractivity contribution in [1.29, 1.82) is 0 Å². The fourth-order valence-electron chi connectivity index (χ4n) is 2.22. The summed E-state index contributed by atoms with van der Waals surface area (Å²) in [5.41, 5.74) is 0. The van der Waals surface area contributed by atoms with Crippen molar-refractivity contribution in [2.24, 2.45) is 0 Å². The van der Waals surface area contributed by atoms with Crippen molar-refractivity contribution in [3.05, 3.63) is 24.4 Å². The third-order valence-electron chi connectivity index (χ3n) is 3.14. The molecule has 1 saturated heterocycles. The number of rotatable bonds is 5. The zero-order valence-corrected chi connectivity index (χ0v) is 10.3. The topological polar surface area (TPSA) is 35.9 Å². The van der Waals surface area contributed by atoms with Gasteiger partial charge in [-0.3, -0.25) is 9.90 Å². The second kappa shape index (κ2) is 6.79. The first-order chi connectivity index (χ1) is 8.34. The molecule has 0 aromatic rings. The third kappa shape index (κ3) is 4.50. The van der Waals surface area contributed by atoms with Gasteiger partial charge in [-0.2, -0.15) is 0 Å². The Labute approximate surface area is 103 Å². The first kappa shape index (κ1) is 12.6. The van der Waals surface area contributed by atoms with Crippen molar-refractivity contribution in [1.82, 2.24) is 9.96 Å². The van der Waals surface area contributed by atoms with Crippen LogP contribution in [-0.2, 0) is 4.84 Å². The summed E-state index contributed by atoms with van der Waals surface area (Å²) in [6.45, 7) is 4.09. The van der Waals surface area contributed by atoms with Gasteiger partial charge in [-0.1, -0.05) is 18.6 Å². The Kier molecular flexibility index (Phi) is 5.04. The Hall–Kier alpha value is -0.840. The van der Waals surface area contributed by atoms with E-state index in [1.807, 2.05) is 24.4 Å². The van der Waals surface area contributed by atoms with Gasteiger partial charge in [0.2, 0.25) is 0 Å². The summed E-state index contributed by atoms with van der Waals surface area (Å²) >= 11 is 0. The summed E-state index contributed by atoms with van der Waals surface area (Å²) in [6.07, 6.45) is 11.3. The average molecular weight is 238 g/mol. The molecule has 0 amide bonds. The molecular formula is C13H22N2O2. The Morgan fingerprint density at radius 3 is 2.71 bits per heavy atom. The molecule has 0 aromatic heterocycles. The summed E-state index contributed by atoms with van der Waals surface area (Å²) in [6, 6.07) is 0. The van der Waals surface area contributed by atoms with Crippen molar-refractivity contribution < 1.29 is 9.94 Å². The lowest BCUT2D eigenvalue weighted by molar-refractivity contribution is -0.142. The fraction of sp³-hybridized carbons (Fsp3) is 0.692. The molecule has 1 fully saturated rings. The number of hydrogen-bond acceptors (Lipinski definition) is 4. The van der Waals surface area contributed by atoms with Crippen LogP contribution in [0.15, 0.2) is 24.4 Å². The zero-order valence-electron chi connectivity index (χ0n) is 10.3. The number of piperidine rings is 1. The molecule has 1 unspecified atom stereocenters. The smallest absolute Gasteiger partial charge is 0.102 e. The standard InChI is InChI=1S/C13H22N2O2/c16-13(11-14-7-3-1-4-8-14)12-17-15-9-5-2-6-10-15/h2,5-6,9,13,16H,1,3-4,7-8,10-12H2. The van der Waals surface area contributed by atoms with E-state index in [1.54, 1.807) is 5.06 Å². The van der Waals surface area contributed by atoms with Gasteiger partial charge in [-0.05, 0) is 32.0 Å². The molecule has 17 heavy (non-hydrogen) atoms. The minimum absolute atomic E-state index is 0.370. The maximum atomic E-state index is 9.90. The minimum atomic E-state index is -0.396. The van der Waals surface area contributed by atoms with Crippen molar-refractivity contribution in [2.45, 2.75) is 25.4 Å². The van der Waals surface area contributed by atoms with Gasteiger partial charge in [-0.25, -0.2) is 0 Å². The summed E-state index contributed by atoms with van der Waals surface area (Å²) in [5, 5.41) is 11.6. The molecule has 1 N–H and O–H groups in total. The Bertz CT molecular complexity index is 273. The molecule has 96 valence electrons. The van der Waals surface area contributed by atoms with Crippen molar-refractivity contribution in [3.8, 4) is 0 Å². The fourth-order valence-corrected chi connectivity index (χ4v) is 2.22. The number of β-amino-alcohol motifs (C(OH)–C–C–N with tert-alkyl or cyclic N) is 1. The van der Waals surface area contributed by atoms with Gasteiger partial charge in [0, 0.05) is 12.7 Å². The van der Waals surface area contributed by atoms with Gasteiger partial charge in [0.05, 0.1) is 12.6 Å². The quantitative estimate of drug-likeness (QED) is 0.779. The highest BCUT2D eigenvalue weighted by Gasteiger charge is 2.15. The van der Waals surface area contributed by atoms with Gasteiger partial charge in [-0.15, -0.1) is 0 Å². The first-order valence-electron chi connectivity index (χ1n) is 6.48. The molecule has 4 heteroatoms. The number of nitrogens with zero attached hydrogens (tertiary/aromatic N) is 2. The van der Waals surface area contributed by atoms with Crippen LogP contribution in [0, 0.1) is 0 Å². The van der Waals surface area contributed by atoms with Gasteiger partial charge in [0.25, 0.3) is 0 Å². The minimum Gasteiger partial charge on any atom is -0.389 e. The molecular weight excluding hydrogens is 216 g/mol. The number of aliphatic hydroxyl groups is 1. The Balaban J connectivity index is 1.61. The maximum absolute atomic E-state index is 9.90. The van der Waals surface area contributed by atoms with Crippen LogP contribution in [0.1, 0.15) is 19.3 Å². The molecule has 2 heterocycles. The molecule has 0 spiro atoms. The molecule has 4 nitrogen and oxygen atoms in total. The monoisotopic (exact) mass is 238 g/mol. The average Bonchev–Trinajstić information content (AvgIpc) is 2.39. The largest absolute Gasteiger partial charge is 0.389 e. The maximum Gasteiger partial charge on any atom is 0.102 e. The van der Waals surface area contributed by atoms with E-state index in [2.05, 4.69) is 4.90 Å². The molecule has 2 aliphatic heterocycles. The van der Waals surface area contributed by atoms with Crippen LogP contribution in [0.4, 0.5) is 0 Å². The van der Waals surface area contributed by atoms with Crippen LogP contribution in [0.25, 0.3) is 0 Å². The van der Waals surface area contributed by atoms with Gasteiger partial charge in [0.15, 0.2) is 0 Å². The third-order valence-corrected chi connectivity index (χ3v) is 3.14. The molecule has 1 atom stereocenters. The van der Waals surface area contributed by atoms with E-state index in [-0.39, 0.29) is 0 Å². The van der Waals surface area contributed by atoms with Gasteiger partial charge in [0.1, 0.15) is 6.61 Å². The highest BCUT2D eigenvalue weighted by atomic mass is 16.7. The van der Waals surface area contributed by atoms with E-state index >= 15 is 0 Å².